The number of aromatic nitrogens is 2. The first-order valence-electron chi connectivity index (χ1n) is 11.8. The second-order valence-corrected chi connectivity index (χ2v) is 10.6. The van der Waals surface area contributed by atoms with Crippen LogP contribution in [-0.2, 0) is 22.1 Å². The maximum Gasteiger partial charge on any atom is 0.221 e. The highest BCUT2D eigenvalue weighted by molar-refractivity contribution is 7.84. The average molecular weight is 515 g/mol. The zero-order valence-electron chi connectivity index (χ0n) is 20.1. The fourth-order valence-corrected chi connectivity index (χ4v) is 5.36. The Balaban J connectivity index is 1.27. The Hall–Kier alpha value is -2.95. The number of nitrogens with one attached hydrogen (secondary N) is 1. The van der Waals surface area contributed by atoms with Crippen molar-refractivity contribution < 1.29 is 22.5 Å². The van der Waals surface area contributed by atoms with Crippen LogP contribution in [0.3, 0.4) is 0 Å². The van der Waals surface area contributed by atoms with Crippen LogP contribution in [0.1, 0.15) is 24.0 Å². The third kappa shape index (κ3) is 5.40. The van der Waals surface area contributed by atoms with Gasteiger partial charge in [-0.1, -0.05) is 12.1 Å². The van der Waals surface area contributed by atoms with E-state index in [1.165, 1.54) is 30.8 Å². The number of morpholine rings is 1. The first-order valence-corrected chi connectivity index (χ1v) is 13.4. The van der Waals surface area contributed by atoms with E-state index in [1.54, 1.807) is 12.1 Å². The van der Waals surface area contributed by atoms with E-state index in [0.717, 1.165) is 24.9 Å². The van der Waals surface area contributed by atoms with Crippen LogP contribution in [-0.4, -0.2) is 56.7 Å². The molecule has 0 spiro atoms. The van der Waals surface area contributed by atoms with E-state index in [1.807, 2.05) is 19.1 Å². The highest BCUT2D eigenvalue weighted by Gasteiger charge is 2.40. The number of rotatable bonds is 7. The number of anilines is 2. The summed E-state index contributed by atoms with van der Waals surface area (Å²) in [7, 11) is -1.26. The van der Waals surface area contributed by atoms with Gasteiger partial charge in [-0.2, -0.15) is 0 Å². The van der Waals surface area contributed by atoms with Crippen LogP contribution < -0.4 is 10.1 Å². The van der Waals surface area contributed by atoms with Crippen LogP contribution in [0.2, 0.25) is 0 Å². The van der Waals surface area contributed by atoms with Crippen LogP contribution in [0.15, 0.2) is 53.7 Å². The quantitative estimate of drug-likeness (QED) is 0.502. The van der Waals surface area contributed by atoms with E-state index in [0.29, 0.717) is 35.4 Å². The van der Waals surface area contributed by atoms with Gasteiger partial charge in [0.15, 0.2) is 0 Å². The normalized spacial score (nSPS) is 22.7. The SMILES string of the molecule is Cc1c(Nc2ccc(S(C)=O)cc2F)ncnc1OC1CC2COC[C@H](C1)N2Cc1ccc(F)cc1. The van der Waals surface area contributed by atoms with E-state index < -0.39 is 16.6 Å². The summed E-state index contributed by atoms with van der Waals surface area (Å²) in [6.45, 7) is 3.80. The van der Waals surface area contributed by atoms with E-state index in [4.69, 9.17) is 9.47 Å². The molecule has 2 saturated heterocycles. The van der Waals surface area contributed by atoms with Crippen molar-refractivity contribution in [3.05, 3.63) is 71.6 Å². The number of benzene rings is 2. The highest BCUT2D eigenvalue weighted by Crippen LogP contribution is 2.33. The summed E-state index contributed by atoms with van der Waals surface area (Å²) in [6.07, 6.45) is 4.40. The number of halogens is 2. The summed E-state index contributed by atoms with van der Waals surface area (Å²) in [5, 5.41) is 3.00. The van der Waals surface area contributed by atoms with Gasteiger partial charge in [-0.05, 0) is 42.8 Å². The number of nitrogens with zero attached hydrogens (tertiary/aromatic N) is 3. The van der Waals surface area contributed by atoms with Crippen molar-refractivity contribution in [1.29, 1.82) is 0 Å². The number of hydrogen-bond donors (Lipinski definition) is 1. The van der Waals surface area contributed by atoms with Gasteiger partial charge in [-0.25, -0.2) is 18.7 Å². The van der Waals surface area contributed by atoms with Gasteiger partial charge < -0.3 is 14.8 Å². The fraction of sp³-hybridized carbons (Fsp3) is 0.385. The minimum Gasteiger partial charge on any atom is -0.474 e. The Labute approximate surface area is 211 Å². The molecule has 5 rings (SSSR count). The zero-order chi connectivity index (χ0) is 25.2. The molecule has 1 aromatic heterocycles. The van der Waals surface area contributed by atoms with Gasteiger partial charge in [0.2, 0.25) is 5.88 Å². The van der Waals surface area contributed by atoms with Crippen molar-refractivity contribution in [2.24, 2.45) is 0 Å². The molecular weight excluding hydrogens is 486 g/mol. The summed E-state index contributed by atoms with van der Waals surface area (Å²) in [4.78, 5) is 11.4. The standard InChI is InChI=1S/C26H28F2N4O3S/c1-16-25(31-24-8-7-22(36(2)33)11-23(24)28)29-15-30-26(16)35-21-9-19-13-34-14-20(10-21)32(19)12-17-3-5-18(27)6-4-17/h3-8,11,15,19-21H,9-10,12-14H2,1-2H3,(H,29,30,31)/t19-,20?,21?,36?/m0/s1. The molecule has 0 amide bonds. The molecule has 2 aliphatic heterocycles. The lowest BCUT2D eigenvalue weighted by molar-refractivity contribution is -0.104. The first kappa shape index (κ1) is 24.7. The molecule has 0 aliphatic carbocycles. The van der Waals surface area contributed by atoms with Crippen molar-refractivity contribution in [2.45, 2.75) is 49.4 Å². The highest BCUT2D eigenvalue weighted by atomic mass is 32.2. The van der Waals surface area contributed by atoms with Crippen LogP contribution in [0.5, 0.6) is 5.88 Å². The average Bonchev–Trinajstić information content (AvgIpc) is 2.84. The molecule has 2 aromatic carbocycles. The predicted octanol–water partition coefficient (Wildman–Crippen LogP) is 4.36. The molecule has 2 bridgehead atoms. The Morgan fingerprint density at radius 1 is 1.11 bits per heavy atom. The van der Waals surface area contributed by atoms with Crippen LogP contribution >= 0.6 is 0 Å². The molecule has 0 radical (unpaired) electrons. The lowest BCUT2D eigenvalue weighted by Gasteiger charge is -2.48. The first-order chi connectivity index (χ1) is 17.4. The smallest absolute Gasteiger partial charge is 0.221 e. The Kier molecular flexibility index (Phi) is 7.27. The van der Waals surface area contributed by atoms with Crippen molar-refractivity contribution in [1.82, 2.24) is 14.9 Å². The minimum absolute atomic E-state index is 0.0506. The molecule has 190 valence electrons. The van der Waals surface area contributed by atoms with E-state index in [2.05, 4.69) is 20.2 Å². The van der Waals surface area contributed by atoms with Gasteiger partial charge >= 0.3 is 0 Å². The van der Waals surface area contributed by atoms with Crippen molar-refractivity contribution >= 4 is 22.3 Å². The molecule has 2 aliphatic rings. The molecule has 3 heterocycles. The van der Waals surface area contributed by atoms with Gasteiger partial charge in [-0.3, -0.25) is 9.11 Å². The van der Waals surface area contributed by atoms with Gasteiger partial charge in [0.1, 0.15) is 29.9 Å². The molecule has 36 heavy (non-hydrogen) atoms. The lowest BCUT2D eigenvalue weighted by atomic mass is 9.91. The number of hydrogen-bond acceptors (Lipinski definition) is 7. The van der Waals surface area contributed by atoms with Gasteiger partial charge in [-0.15, -0.1) is 0 Å². The Bertz CT molecular complexity index is 1250. The number of fused-ring (bicyclic) bond motifs is 2. The summed E-state index contributed by atoms with van der Waals surface area (Å²) in [6, 6.07) is 11.4. The molecule has 10 heteroatoms. The third-order valence-electron chi connectivity index (χ3n) is 6.75. The Morgan fingerprint density at radius 3 is 2.50 bits per heavy atom. The van der Waals surface area contributed by atoms with Gasteiger partial charge in [0.25, 0.3) is 0 Å². The molecule has 3 unspecified atom stereocenters. The minimum atomic E-state index is -1.26. The molecule has 2 fully saturated rings. The van der Waals surface area contributed by atoms with Crippen molar-refractivity contribution in [3.63, 3.8) is 0 Å². The monoisotopic (exact) mass is 514 g/mol. The molecule has 7 nitrogen and oxygen atoms in total. The molecule has 4 atom stereocenters. The van der Waals surface area contributed by atoms with E-state index in [-0.39, 0.29) is 29.7 Å². The molecular formula is C26H28F2N4O3S. The summed E-state index contributed by atoms with van der Waals surface area (Å²) >= 11 is 0. The fourth-order valence-electron chi connectivity index (χ4n) is 4.84. The third-order valence-corrected chi connectivity index (χ3v) is 7.67. The van der Waals surface area contributed by atoms with Crippen molar-refractivity contribution in [3.8, 4) is 5.88 Å². The van der Waals surface area contributed by atoms with Crippen LogP contribution in [0.4, 0.5) is 20.3 Å². The van der Waals surface area contributed by atoms with E-state index >= 15 is 0 Å². The van der Waals surface area contributed by atoms with Gasteiger partial charge in [0.05, 0.1) is 24.5 Å². The predicted molar refractivity (Wildman–Crippen MR) is 133 cm³/mol. The maximum atomic E-state index is 14.5. The van der Waals surface area contributed by atoms with Crippen LogP contribution in [0.25, 0.3) is 0 Å². The number of piperidine rings is 1. The molecule has 1 N–H and O–H groups in total. The zero-order valence-corrected chi connectivity index (χ0v) is 20.9. The maximum absolute atomic E-state index is 14.5. The molecule has 3 aromatic rings. The second kappa shape index (κ2) is 10.6. The lowest BCUT2D eigenvalue weighted by Crippen LogP contribution is -2.58. The number of ether oxygens (including phenoxy) is 2. The molecule has 0 saturated carbocycles. The largest absolute Gasteiger partial charge is 0.474 e. The van der Waals surface area contributed by atoms with Crippen molar-refractivity contribution in [2.75, 3.05) is 24.8 Å². The second-order valence-electron chi connectivity index (χ2n) is 9.23. The van der Waals surface area contributed by atoms with Crippen LogP contribution in [0, 0.1) is 18.6 Å². The van der Waals surface area contributed by atoms with E-state index in [9.17, 15) is 13.0 Å². The topological polar surface area (TPSA) is 76.6 Å². The summed E-state index contributed by atoms with van der Waals surface area (Å²) in [5.74, 6) is 0.154. The Morgan fingerprint density at radius 2 is 1.83 bits per heavy atom. The summed E-state index contributed by atoms with van der Waals surface area (Å²) in [5.41, 5.74) is 1.98. The summed E-state index contributed by atoms with van der Waals surface area (Å²) < 4.78 is 51.6. The van der Waals surface area contributed by atoms with Gasteiger partial charge in [0, 0.05) is 53.4 Å².